The highest BCUT2D eigenvalue weighted by molar-refractivity contribution is 7.87. The standard InChI is InChI=1S/C16H11NO9S3.3H3N/c17-11-5-12(27(18,19)20)8-3-4-10-14(29(24,25)26)6-13(28(21,22)23)9-2-1-7(11)15(8)16(9)10;;;/h1-6H,17H2,(H,18,19,20)(H,21,22,23)(H,24,25,26);3*1H3. The highest BCUT2D eigenvalue weighted by Crippen LogP contribution is 2.43. The number of nitrogens with two attached hydrogens (primary N) is 1. The Bertz CT molecular complexity index is 1630. The van der Waals surface area contributed by atoms with Crippen LogP contribution in [0.2, 0.25) is 0 Å². The number of anilines is 1. The lowest BCUT2D eigenvalue weighted by atomic mass is 9.93. The lowest BCUT2D eigenvalue weighted by Crippen LogP contribution is -2.07. The zero-order valence-electron chi connectivity index (χ0n) is 16.9. The first-order valence-electron chi connectivity index (χ1n) is 7.63. The molecule has 0 spiro atoms. The van der Waals surface area contributed by atoms with Crippen LogP contribution in [0.5, 0.6) is 0 Å². The topological polar surface area (TPSA) is 307 Å². The second-order valence-corrected chi connectivity index (χ2v) is 10.3. The van der Waals surface area contributed by atoms with Gasteiger partial charge in [0.15, 0.2) is 0 Å². The van der Waals surface area contributed by atoms with Crippen molar-refractivity contribution in [1.82, 2.24) is 18.5 Å². The third-order valence-electron chi connectivity index (χ3n) is 4.62. The molecular weight excluding hydrogens is 488 g/mol. The molecule has 176 valence electrons. The number of benzene rings is 4. The molecule has 0 aliphatic heterocycles. The van der Waals surface area contributed by atoms with E-state index in [9.17, 15) is 38.9 Å². The van der Waals surface area contributed by atoms with E-state index in [-0.39, 0.29) is 56.5 Å². The Morgan fingerprint density at radius 1 is 0.531 bits per heavy atom. The van der Waals surface area contributed by atoms with E-state index in [1.165, 1.54) is 12.1 Å². The van der Waals surface area contributed by atoms with Gasteiger partial charge in [0.05, 0.1) is 14.7 Å². The van der Waals surface area contributed by atoms with Gasteiger partial charge in [0.25, 0.3) is 0 Å². The van der Waals surface area contributed by atoms with Crippen molar-refractivity contribution in [3.05, 3.63) is 36.4 Å². The van der Waals surface area contributed by atoms with Gasteiger partial charge in [-0.15, -0.1) is 0 Å². The first kappa shape index (κ1) is 27.4. The molecule has 13 nitrogen and oxygen atoms in total. The van der Waals surface area contributed by atoms with E-state index < -0.39 is 45.0 Å². The zero-order valence-corrected chi connectivity index (χ0v) is 19.4. The van der Waals surface area contributed by atoms with Crippen LogP contribution in [-0.2, 0) is 30.4 Å². The van der Waals surface area contributed by atoms with Crippen molar-refractivity contribution in [2.24, 2.45) is 0 Å². The molecule has 14 N–H and O–H groups in total. The van der Waals surface area contributed by atoms with Gasteiger partial charge in [0.1, 0.15) is 30.4 Å². The summed E-state index contributed by atoms with van der Waals surface area (Å²) >= 11 is 0. The summed E-state index contributed by atoms with van der Waals surface area (Å²) in [6.07, 6.45) is 0. The lowest BCUT2D eigenvalue weighted by molar-refractivity contribution is 0.460. The average Bonchev–Trinajstić information content (AvgIpc) is 2.57. The molecule has 0 aliphatic carbocycles. The lowest BCUT2D eigenvalue weighted by Gasteiger charge is -2.22. The van der Waals surface area contributed by atoms with Gasteiger partial charge in [-0.05, 0) is 17.5 Å². The normalized spacial score (nSPS) is 12.3. The predicted molar refractivity (Wildman–Crippen MR) is 116 cm³/mol. The van der Waals surface area contributed by atoms with Gasteiger partial charge >= 0.3 is 0 Å². The van der Waals surface area contributed by atoms with Crippen LogP contribution in [0.25, 0.3) is 32.3 Å². The Morgan fingerprint density at radius 3 is 1.16 bits per heavy atom. The summed E-state index contributed by atoms with van der Waals surface area (Å²) in [7, 11) is -15.5. The van der Waals surface area contributed by atoms with Crippen LogP contribution in [0, 0.1) is 0 Å². The molecule has 0 fully saturated rings. The molecule has 0 heterocycles. The van der Waals surface area contributed by atoms with E-state index >= 15 is 0 Å². The first-order valence-corrected chi connectivity index (χ1v) is 11.9. The van der Waals surface area contributed by atoms with Crippen LogP contribution < -0.4 is 24.2 Å². The molecule has 0 bridgehead atoms. The zero-order chi connectivity index (χ0) is 21.5. The number of hydrogen-bond acceptors (Lipinski definition) is 10. The van der Waals surface area contributed by atoms with Crippen LogP contribution in [0.1, 0.15) is 0 Å². The summed E-state index contributed by atoms with van der Waals surface area (Å²) in [6, 6.07) is 6.09. The van der Waals surface area contributed by atoms with Crippen LogP contribution >= 0.6 is 0 Å². The number of nitrogen functional groups attached to an aromatic ring is 1. The van der Waals surface area contributed by atoms with Crippen molar-refractivity contribution >= 4 is 68.4 Å². The molecule has 32 heavy (non-hydrogen) atoms. The molecule has 4 aromatic carbocycles. The predicted octanol–water partition coefficient (Wildman–Crippen LogP) is 2.01. The largest absolute Gasteiger partial charge is 0.744 e. The van der Waals surface area contributed by atoms with Gasteiger partial charge in [-0.25, -0.2) is 25.3 Å². The summed E-state index contributed by atoms with van der Waals surface area (Å²) in [6.45, 7) is 0. The van der Waals surface area contributed by atoms with Gasteiger partial charge in [-0.2, -0.15) is 0 Å². The molecule has 4 aromatic rings. The van der Waals surface area contributed by atoms with Crippen molar-refractivity contribution in [2.75, 3.05) is 5.73 Å². The van der Waals surface area contributed by atoms with Crippen molar-refractivity contribution < 1.29 is 38.9 Å². The van der Waals surface area contributed by atoms with E-state index in [0.717, 1.165) is 18.2 Å². The van der Waals surface area contributed by atoms with Crippen molar-refractivity contribution in [2.45, 2.75) is 14.7 Å². The molecule has 0 amide bonds. The monoisotopic (exact) mass is 508 g/mol. The van der Waals surface area contributed by atoms with E-state index in [4.69, 9.17) is 5.73 Å². The Labute approximate surface area is 182 Å². The first-order chi connectivity index (χ1) is 13.2. The maximum atomic E-state index is 11.7. The minimum Gasteiger partial charge on any atom is -0.744 e. The molecule has 0 atom stereocenters. The summed E-state index contributed by atoms with van der Waals surface area (Å²) in [4.78, 5) is -2.65. The van der Waals surface area contributed by atoms with Gasteiger partial charge < -0.3 is 37.8 Å². The fourth-order valence-corrected chi connectivity index (χ4v) is 5.73. The maximum Gasteiger partial charge on any atom is 0.125 e. The highest BCUT2D eigenvalue weighted by Gasteiger charge is 2.22. The molecular formula is C16H20N4O9S3. The van der Waals surface area contributed by atoms with Crippen LogP contribution in [0.15, 0.2) is 51.1 Å². The Balaban J connectivity index is 0.00000171. The molecule has 0 aliphatic rings. The van der Waals surface area contributed by atoms with Crippen molar-refractivity contribution in [3.8, 4) is 0 Å². The smallest absolute Gasteiger partial charge is 0.125 e. The molecule has 16 heteroatoms. The Morgan fingerprint density at radius 2 is 0.812 bits per heavy atom. The second-order valence-electron chi connectivity index (χ2n) is 6.27. The number of hydrogen-bond donors (Lipinski definition) is 4. The van der Waals surface area contributed by atoms with Gasteiger partial charge in [-0.3, -0.25) is 0 Å². The summed E-state index contributed by atoms with van der Waals surface area (Å²) < 4.78 is 105. The molecule has 0 unspecified atom stereocenters. The molecule has 0 saturated carbocycles. The second kappa shape index (κ2) is 8.03. The van der Waals surface area contributed by atoms with Gasteiger partial charge in [-0.1, -0.05) is 24.3 Å². The quantitative estimate of drug-likeness (QED) is 0.177. The van der Waals surface area contributed by atoms with E-state index in [1.807, 2.05) is 0 Å². The third-order valence-corrected chi connectivity index (χ3v) is 7.25. The van der Waals surface area contributed by atoms with Crippen LogP contribution in [-0.4, -0.2) is 38.9 Å². The van der Waals surface area contributed by atoms with E-state index in [1.54, 1.807) is 0 Å². The summed E-state index contributed by atoms with van der Waals surface area (Å²) in [5.74, 6) is 0. The minimum atomic E-state index is -5.22. The highest BCUT2D eigenvalue weighted by atomic mass is 32.2. The van der Waals surface area contributed by atoms with Crippen molar-refractivity contribution in [3.63, 3.8) is 0 Å². The molecule has 0 radical (unpaired) electrons. The average molecular weight is 509 g/mol. The van der Waals surface area contributed by atoms with Gasteiger partial charge in [0, 0.05) is 32.6 Å². The van der Waals surface area contributed by atoms with Crippen molar-refractivity contribution in [1.29, 1.82) is 0 Å². The summed E-state index contributed by atoms with van der Waals surface area (Å²) in [5, 5.41) is -0.675. The van der Waals surface area contributed by atoms with Crippen LogP contribution in [0.3, 0.4) is 0 Å². The van der Waals surface area contributed by atoms with Crippen LogP contribution in [0.4, 0.5) is 5.69 Å². The molecule has 0 aromatic heterocycles. The SMILES string of the molecule is Nc1cc(S(=O)(=O)[O-])c2ccc3c(S(=O)(=O)[O-])cc(S(=O)(=O)[O-])c4ccc1c2c43.[NH4+].[NH4+].[NH4+]. The Hall–Kier alpha value is -2.67. The minimum absolute atomic E-state index is 0. The maximum absolute atomic E-state index is 11.7. The summed E-state index contributed by atoms with van der Waals surface area (Å²) in [5.41, 5.74) is 5.70. The fraction of sp³-hybridized carbons (Fsp3) is 0. The number of rotatable bonds is 3. The van der Waals surface area contributed by atoms with Gasteiger partial charge in [0.2, 0.25) is 0 Å². The van der Waals surface area contributed by atoms with E-state index in [2.05, 4.69) is 0 Å². The van der Waals surface area contributed by atoms with E-state index in [0.29, 0.717) is 6.07 Å². The third kappa shape index (κ3) is 3.94. The molecule has 0 saturated heterocycles. The molecule has 4 rings (SSSR count). The fourth-order valence-electron chi connectivity index (χ4n) is 3.54. The number of quaternary nitrogens is 3. The Kier molecular flexibility index (Phi) is 6.87.